The minimum atomic E-state index is 0.428. The number of nitrogens with one attached hydrogen (secondary N) is 2. The van der Waals surface area contributed by atoms with Gasteiger partial charge in [0.15, 0.2) is 0 Å². The Morgan fingerprint density at radius 2 is 2.18 bits per heavy atom. The maximum atomic E-state index is 6.05. The molecule has 0 aromatic heterocycles. The number of halogens is 1. The van der Waals surface area contributed by atoms with E-state index in [-0.39, 0.29) is 0 Å². The minimum absolute atomic E-state index is 0.428. The van der Waals surface area contributed by atoms with Gasteiger partial charge in [0.05, 0.1) is 0 Å². The first kappa shape index (κ1) is 12.9. The molecule has 0 amide bonds. The van der Waals surface area contributed by atoms with E-state index in [0.717, 1.165) is 24.5 Å². The molecular weight excluding hydrogens is 232 g/mol. The summed E-state index contributed by atoms with van der Waals surface area (Å²) in [4.78, 5) is 0. The fourth-order valence-corrected chi connectivity index (χ4v) is 2.64. The third kappa shape index (κ3) is 3.70. The van der Waals surface area contributed by atoms with Crippen LogP contribution in [-0.2, 0) is 0 Å². The van der Waals surface area contributed by atoms with E-state index in [1.165, 1.54) is 18.4 Å². The molecule has 17 heavy (non-hydrogen) atoms. The molecule has 3 heteroatoms. The fraction of sp³-hybridized carbons (Fsp3) is 0.571. The van der Waals surface area contributed by atoms with E-state index in [4.69, 9.17) is 11.6 Å². The van der Waals surface area contributed by atoms with Crippen LogP contribution >= 0.6 is 11.6 Å². The van der Waals surface area contributed by atoms with Gasteiger partial charge in [-0.3, -0.25) is 0 Å². The fourth-order valence-electron chi connectivity index (χ4n) is 2.45. The van der Waals surface area contributed by atoms with Crippen LogP contribution in [0.2, 0.25) is 5.02 Å². The lowest BCUT2D eigenvalue weighted by atomic mass is 10.00. The van der Waals surface area contributed by atoms with E-state index in [9.17, 15) is 0 Å². The summed E-state index contributed by atoms with van der Waals surface area (Å²) >= 11 is 6.05. The Kier molecular flexibility index (Phi) is 4.84. The molecule has 0 radical (unpaired) electrons. The second kappa shape index (κ2) is 6.39. The predicted molar refractivity (Wildman–Crippen MR) is 73.5 cm³/mol. The van der Waals surface area contributed by atoms with E-state index in [1.54, 1.807) is 0 Å². The molecule has 2 rings (SSSR count). The smallest absolute Gasteiger partial charge is 0.0409 e. The predicted octanol–water partition coefficient (Wildman–Crippen LogP) is 3.13. The van der Waals surface area contributed by atoms with Gasteiger partial charge in [0.25, 0.3) is 0 Å². The largest absolute Gasteiger partial charge is 0.317 e. The van der Waals surface area contributed by atoms with Crippen molar-refractivity contribution in [1.29, 1.82) is 0 Å². The molecule has 0 bridgehead atoms. The molecule has 2 N–H and O–H groups in total. The quantitative estimate of drug-likeness (QED) is 0.860. The Morgan fingerprint density at radius 3 is 2.82 bits per heavy atom. The highest BCUT2D eigenvalue weighted by atomic mass is 35.5. The molecule has 0 aliphatic carbocycles. The number of hydrogen-bond acceptors (Lipinski definition) is 2. The molecule has 0 saturated carbocycles. The lowest BCUT2D eigenvalue weighted by molar-refractivity contribution is 0.345. The molecule has 1 fully saturated rings. The van der Waals surface area contributed by atoms with Crippen molar-refractivity contribution in [3.63, 3.8) is 0 Å². The first-order chi connectivity index (χ1) is 8.29. The van der Waals surface area contributed by atoms with Crippen molar-refractivity contribution in [2.45, 2.75) is 38.3 Å². The van der Waals surface area contributed by atoms with Crippen molar-refractivity contribution in [3.8, 4) is 0 Å². The molecule has 1 aliphatic rings. The van der Waals surface area contributed by atoms with Crippen LogP contribution in [0.3, 0.4) is 0 Å². The summed E-state index contributed by atoms with van der Waals surface area (Å²) < 4.78 is 0. The molecule has 1 aromatic carbocycles. The highest BCUT2D eigenvalue weighted by Gasteiger charge is 2.17. The maximum Gasteiger partial charge on any atom is 0.0409 e. The molecule has 1 heterocycles. The van der Waals surface area contributed by atoms with Gasteiger partial charge >= 0.3 is 0 Å². The molecule has 1 atom stereocenters. The number of piperidine rings is 1. The second-order valence-electron chi connectivity index (χ2n) is 4.71. The Labute approximate surface area is 109 Å². The van der Waals surface area contributed by atoms with Gasteiger partial charge in [-0.2, -0.15) is 0 Å². The standard InChI is InChI=1S/C14H21ClN2/c1-2-14(11-4-3-5-12(15)10-11)17-13-6-8-16-9-7-13/h3-5,10,13-14,16-17H,2,6-9H2,1H3. The summed E-state index contributed by atoms with van der Waals surface area (Å²) in [5.74, 6) is 0. The number of benzene rings is 1. The van der Waals surface area contributed by atoms with Crippen molar-refractivity contribution >= 4 is 11.6 Å². The van der Waals surface area contributed by atoms with Gasteiger partial charge in [-0.15, -0.1) is 0 Å². The molecule has 1 aliphatic heterocycles. The van der Waals surface area contributed by atoms with E-state index < -0.39 is 0 Å². The molecular formula is C14H21ClN2. The van der Waals surface area contributed by atoms with Crippen LogP contribution in [0.25, 0.3) is 0 Å². The van der Waals surface area contributed by atoms with E-state index in [2.05, 4.69) is 29.7 Å². The van der Waals surface area contributed by atoms with Crippen LogP contribution < -0.4 is 10.6 Å². The molecule has 1 unspecified atom stereocenters. The summed E-state index contributed by atoms with van der Waals surface area (Å²) in [6, 6.07) is 9.27. The van der Waals surface area contributed by atoms with Crippen molar-refractivity contribution in [1.82, 2.24) is 10.6 Å². The van der Waals surface area contributed by atoms with Crippen LogP contribution in [0.1, 0.15) is 37.8 Å². The normalized spacial score (nSPS) is 19.2. The molecule has 2 nitrogen and oxygen atoms in total. The summed E-state index contributed by atoms with van der Waals surface area (Å²) in [6.07, 6.45) is 3.54. The third-order valence-electron chi connectivity index (χ3n) is 3.44. The minimum Gasteiger partial charge on any atom is -0.317 e. The number of hydrogen-bond donors (Lipinski definition) is 2. The maximum absolute atomic E-state index is 6.05. The van der Waals surface area contributed by atoms with Gasteiger partial charge in [0.2, 0.25) is 0 Å². The van der Waals surface area contributed by atoms with Crippen molar-refractivity contribution in [2.75, 3.05) is 13.1 Å². The summed E-state index contributed by atoms with van der Waals surface area (Å²) in [5.41, 5.74) is 1.30. The van der Waals surface area contributed by atoms with Gasteiger partial charge in [-0.25, -0.2) is 0 Å². The molecule has 0 spiro atoms. The van der Waals surface area contributed by atoms with E-state index in [0.29, 0.717) is 12.1 Å². The van der Waals surface area contributed by atoms with Gasteiger partial charge < -0.3 is 10.6 Å². The Bertz CT molecular complexity index is 348. The van der Waals surface area contributed by atoms with E-state index >= 15 is 0 Å². The first-order valence-electron chi connectivity index (χ1n) is 6.52. The van der Waals surface area contributed by atoms with Gasteiger partial charge in [0, 0.05) is 17.1 Å². The first-order valence-corrected chi connectivity index (χ1v) is 6.89. The lowest BCUT2D eigenvalue weighted by Gasteiger charge is -2.28. The highest BCUT2D eigenvalue weighted by molar-refractivity contribution is 6.30. The molecule has 94 valence electrons. The van der Waals surface area contributed by atoms with Crippen molar-refractivity contribution < 1.29 is 0 Å². The lowest BCUT2D eigenvalue weighted by Crippen LogP contribution is -2.41. The zero-order valence-electron chi connectivity index (χ0n) is 10.4. The molecule has 1 aromatic rings. The zero-order valence-corrected chi connectivity index (χ0v) is 11.1. The third-order valence-corrected chi connectivity index (χ3v) is 3.67. The second-order valence-corrected chi connectivity index (χ2v) is 5.14. The van der Waals surface area contributed by atoms with Crippen LogP contribution in [0.5, 0.6) is 0 Å². The number of rotatable bonds is 4. The van der Waals surface area contributed by atoms with Crippen molar-refractivity contribution in [2.24, 2.45) is 0 Å². The SMILES string of the molecule is CCC(NC1CCNCC1)c1cccc(Cl)c1. The Hall–Kier alpha value is -0.570. The highest BCUT2D eigenvalue weighted by Crippen LogP contribution is 2.22. The van der Waals surface area contributed by atoms with Crippen LogP contribution in [0, 0.1) is 0 Å². The summed E-state index contributed by atoms with van der Waals surface area (Å²) in [6.45, 7) is 4.48. The topological polar surface area (TPSA) is 24.1 Å². The zero-order chi connectivity index (χ0) is 12.1. The van der Waals surface area contributed by atoms with E-state index in [1.807, 2.05) is 12.1 Å². The Balaban J connectivity index is 2.00. The molecule has 1 saturated heterocycles. The van der Waals surface area contributed by atoms with Crippen LogP contribution in [0.4, 0.5) is 0 Å². The average molecular weight is 253 g/mol. The van der Waals surface area contributed by atoms with Crippen LogP contribution in [0.15, 0.2) is 24.3 Å². The average Bonchev–Trinajstić information content (AvgIpc) is 2.37. The van der Waals surface area contributed by atoms with Gasteiger partial charge in [0.1, 0.15) is 0 Å². The van der Waals surface area contributed by atoms with Gasteiger partial charge in [-0.05, 0) is 50.0 Å². The van der Waals surface area contributed by atoms with Gasteiger partial charge in [-0.1, -0.05) is 30.7 Å². The summed E-state index contributed by atoms with van der Waals surface area (Å²) in [7, 11) is 0. The summed E-state index contributed by atoms with van der Waals surface area (Å²) in [5, 5.41) is 7.97. The van der Waals surface area contributed by atoms with Crippen LogP contribution in [-0.4, -0.2) is 19.1 Å². The van der Waals surface area contributed by atoms with Crippen molar-refractivity contribution in [3.05, 3.63) is 34.9 Å². The Morgan fingerprint density at radius 1 is 1.41 bits per heavy atom. The monoisotopic (exact) mass is 252 g/mol.